The number of ether oxygens (including phenoxy) is 2. The first-order valence-corrected chi connectivity index (χ1v) is 8.77. The Hall–Kier alpha value is -2.04. The van der Waals surface area contributed by atoms with Crippen molar-refractivity contribution >= 4 is 0 Å². The standard InChI is InChI=1S/C21H29NO3/c1-5-22(15-19(23)18-9-7-6-8-10-18)16(2)13-17-11-12-20(24-3)21(14-17)25-4/h6-12,14,16,19,23H,5,13,15H2,1-4H3. The van der Waals surface area contributed by atoms with E-state index in [9.17, 15) is 5.11 Å². The predicted molar refractivity (Wildman–Crippen MR) is 101 cm³/mol. The quantitative estimate of drug-likeness (QED) is 0.754. The van der Waals surface area contributed by atoms with Gasteiger partial charge in [-0.1, -0.05) is 43.3 Å². The largest absolute Gasteiger partial charge is 0.493 e. The maximum Gasteiger partial charge on any atom is 0.160 e. The molecule has 0 aromatic heterocycles. The Morgan fingerprint density at radius 3 is 2.28 bits per heavy atom. The van der Waals surface area contributed by atoms with E-state index in [1.807, 2.05) is 42.5 Å². The first-order valence-electron chi connectivity index (χ1n) is 8.77. The molecule has 1 N–H and O–H groups in total. The lowest BCUT2D eigenvalue weighted by atomic mass is 10.0. The maximum atomic E-state index is 10.5. The second-order valence-electron chi connectivity index (χ2n) is 6.26. The van der Waals surface area contributed by atoms with E-state index in [0.29, 0.717) is 12.6 Å². The van der Waals surface area contributed by atoms with Crippen LogP contribution in [-0.4, -0.2) is 43.4 Å². The molecule has 2 aromatic rings. The van der Waals surface area contributed by atoms with Crippen LogP contribution in [-0.2, 0) is 6.42 Å². The van der Waals surface area contributed by atoms with Gasteiger partial charge in [0.15, 0.2) is 11.5 Å². The molecule has 0 spiro atoms. The minimum atomic E-state index is -0.478. The van der Waals surface area contributed by atoms with E-state index >= 15 is 0 Å². The van der Waals surface area contributed by atoms with Crippen LogP contribution in [0.25, 0.3) is 0 Å². The van der Waals surface area contributed by atoms with Crippen LogP contribution >= 0.6 is 0 Å². The third-order valence-corrected chi connectivity index (χ3v) is 4.60. The van der Waals surface area contributed by atoms with Crippen LogP contribution < -0.4 is 9.47 Å². The molecular formula is C21H29NO3. The highest BCUT2D eigenvalue weighted by atomic mass is 16.5. The molecule has 0 aliphatic rings. The zero-order valence-electron chi connectivity index (χ0n) is 15.6. The highest BCUT2D eigenvalue weighted by Crippen LogP contribution is 2.28. The third-order valence-electron chi connectivity index (χ3n) is 4.60. The summed E-state index contributed by atoms with van der Waals surface area (Å²) in [5, 5.41) is 10.5. The van der Waals surface area contributed by atoms with Gasteiger partial charge < -0.3 is 14.6 Å². The third kappa shape index (κ3) is 5.21. The van der Waals surface area contributed by atoms with Crippen molar-refractivity contribution < 1.29 is 14.6 Å². The Kier molecular flexibility index (Phi) is 7.29. The summed E-state index contributed by atoms with van der Waals surface area (Å²) in [6.45, 7) is 5.83. The molecule has 0 heterocycles. The smallest absolute Gasteiger partial charge is 0.160 e. The van der Waals surface area contributed by atoms with Crippen LogP contribution in [0.3, 0.4) is 0 Å². The minimum absolute atomic E-state index is 0.307. The Bertz CT molecular complexity index is 645. The van der Waals surface area contributed by atoms with E-state index in [2.05, 4.69) is 24.8 Å². The van der Waals surface area contributed by atoms with Crippen molar-refractivity contribution in [2.75, 3.05) is 27.3 Å². The Labute approximate surface area is 151 Å². The summed E-state index contributed by atoms with van der Waals surface area (Å²) in [4.78, 5) is 2.30. The van der Waals surface area contributed by atoms with Gasteiger partial charge in [0.05, 0.1) is 20.3 Å². The van der Waals surface area contributed by atoms with E-state index in [1.165, 1.54) is 5.56 Å². The Balaban J connectivity index is 2.03. The second-order valence-corrected chi connectivity index (χ2v) is 6.26. The van der Waals surface area contributed by atoms with E-state index in [0.717, 1.165) is 30.0 Å². The van der Waals surface area contributed by atoms with E-state index in [1.54, 1.807) is 14.2 Å². The van der Waals surface area contributed by atoms with Gasteiger partial charge in [-0.3, -0.25) is 4.90 Å². The van der Waals surface area contributed by atoms with Crippen molar-refractivity contribution in [3.63, 3.8) is 0 Å². The summed E-state index contributed by atoms with van der Waals surface area (Å²) >= 11 is 0. The molecule has 0 aliphatic heterocycles. The maximum absolute atomic E-state index is 10.5. The predicted octanol–water partition coefficient (Wildman–Crippen LogP) is 3.69. The van der Waals surface area contributed by atoms with Crippen LogP contribution in [0.4, 0.5) is 0 Å². The van der Waals surface area contributed by atoms with Gasteiger partial charge in [-0.15, -0.1) is 0 Å². The summed E-state index contributed by atoms with van der Waals surface area (Å²) in [6, 6.07) is 16.2. The highest BCUT2D eigenvalue weighted by molar-refractivity contribution is 5.43. The van der Waals surface area contributed by atoms with Crippen LogP contribution in [0.15, 0.2) is 48.5 Å². The number of hydrogen-bond acceptors (Lipinski definition) is 4. The number of aliphatic hydroxyl groups is 1. The first-order chi connectivity index (χ1) is 12.1. The zero-order valence-corrected chi connectivity index (χ0v) is 15.6. The average molecular weight is 343 g/mol. The summed E-state index contributed by atoms with van der Waals surface area (Å²) in [6.07, 6.45) is 0.407. The average Bonchev–Trinajstić information content (AvgIpc) is 2.66. The fourth-order valence-electron chi connectivity index (χ4n) is 3.10. The molecular weight excluding hydrogens is 314 g/mol. The normalized spacial score (nSPS) is 13.5. The van der Waals surface area contributed by atoms with Gasteiger partial charge in [-0.2, -0.15) is 0 Å². The summed E-state index contributed by atoms with van der Waals surface area (Å²) in [7, 11) is 3.30. The van der Waals surface area contributed by atoms with Crippen LogP contribution in [0.1, 0.15) is 31.1 Å². The fraction of sp³-hybridized carbons (Fsp3) is 0.429. The number of hydrogen-bond donors (Lipinski definition) is 1. The van der Waals surface area contributed by atoms with Gasteiger partial charge in [0.2, 0.25) is 0 Å². The van der Waals surface area contributed by atoms with Crippen molar-refractivity contribution in [2.45, 2.75) is 32.4 Å². The van der Waals surface area contributed by atoms with E-state index in [4.69, 9.17) is 9.47 Å². The van der Waals surface area contributed by atoms with Crippen molar-refractivity contribution in [2.24, 2.45) is 0 Å². The molecule has 2 atom stereocenters. The number of nitrogens with zero attached hydrogens (tertiary/aromatic N) is 1. The molecule has 0 aliphatic carbocycles. The van der Waals surface area contributed by atoms with Crippen LogP contribution in [0, 0.1) is 0 Å². The molecule has 25 heavy (non-hydrogen) atoms. The van der Waals surface area contributed by atoms with Gasteiger partial charge in [-0.05, 0) is 43.1 Å². The van der Waals surface area contributed by atoms with Gasteiger partial charge in [-0.25, -0.2) is 0 Å². The monoisotopic (exact) mass is 343 g/mol. The van der Waals surface area contributed by atoms with Gasteiger partial charge in [0, 0.05) is 12.6 Å². The zero-order chi connectivity index (χ0) is 18.2. The SMILES string of the molecule is CCN(CC(O)c1ccccc1)C(C)Cc1ccc(OC)c(OC)c1. The van der Waals surface area contributed by atoms with Crippen molar-refractivity contribution in [1.82, 2.24) is 4.90 Å². The van der Waals surface area contributed by atoms with Crippen LogP contribution in [0.2, 0.25) is 0 Å². The summed E-state index contributed by atoms with van der Waals surface area (Å²) in [5.41, 5.74) is 2.15. The first kappa shape index (κ1) is 19.3. The summed E-state index contributed by atoms with van der Waals surface area (Å²) in [5.74, 6) is 1.49. The number of likely N-dealkylation sites (N-methyl/N-ethyl adjacent to an activating group) is 1. The Morgan fingerprint density at radius 2 is 1.68 bits per heavy atom. The van der Waals surface area contributed by atoms with Gasteiger partial charge in [0.25, 0.3) is 0 Å². The lowest BCUT2D eigenvalue weighted by molar-refractivity contribution is 0.0945. The molecule has 0 radical (unpaired) electrons. The second kappa shape index (κ2) is 9.44. The molecule has 2 rings (SSSR count). The molecule has 0 amide bonds. The van der Waals surface area contributed by atoms with Crippen molar-refractivity contribution in [3.8, 4) is 11.5 Å². The number of aliphatic hydroxyl groups excluding tert-OH is 1. The number of methoxy groups -OCH3 is 2. The summed E-state index contributed by atoms with van der Waals surface area (Å²) < 4.78 is 10.7. The molecule has 4 heteroatoms. The van der Waals surface area contributed by atoms with Crippen LogP contribution in [0.5, 0.6) is 11.5 Å². The van der Waals surface area contributed by atoms with Crippen molar-refractivity contribution in [1.29, 1.82) is 0 Å². The highest BCUT2D eigenvalue weighted by Gasteiger charge is 2.18. The molecule has 0 saturated heterocycles. The molecule has 2 aromatic carbocycles. The fourth-order valence-corrected chi connectivity index (χ4v) is 3.10. The van der Waals surface area contributed by atoms with E-state index < -0.39 is 6.10 Å². The molecule has 0 saturated carbocycles. The van der Waals surface area contributed by atoms with Gasteiger partial charge >= 0.3 is 0 Å². The lowest BCUT2D eigenvalue weighted by Crippen LogP contribution is -2.37. The van der Waals surface area contributed by atoms with Gasteiger partial charge in [0.1, 0.15) is 0 Å². The Morgan fingerprint density at radius 1 is 1.00 bits per heavy atom. The number of benzene rings is 2. The lowest BCUT2D eigenvalue weighted by Gasteiger charge is -2.30. The minimum Gasteiger partial charge on any atom is -0.493 e. The molecule has 0 fully saturated rings. The number of rotatable bonds is 9. The molecule has 2 unspecified atom stereocenters. The van der Waals surface area contributed by atoms with E-state index in [-0.39, 0.29) is 0 Å². The topological polar surface area (TPSA) is 41.9 Å². The van der Waals surface area contributed by atoms with Crippen molar-refractivity contribution in [3.05, 3.63) is 59.7 Å². The molecule has 0 bridgehead atoms. The molecule has 4 nitrogen and oxygen atoms in total. The molecule has 136 valence electrons.